The van der Waals surface area contributed by atoms with E-state index in [-0.39, 0.29) is 23.3 Å². The van der Waals surface area contributed by atoms with Crippen LogP contribution < -0.4 is 4.74 Å². The molecule has 156 valence electrons. The maximum Gasteiger partial charge on any atom is 0.335 e. The van der Waals surface area contributed by atoms with Crippen LogP contribution >= 0.6 is 0 Å². The van der Waals surface area contributed by atoms with Gasteiger partial charge in [0.2, 0.25) is 0 Å². The van der Waals surface area contributed by atoms with E-state index in [1.807, 2.05) is 36.4 Å². The molecule has 4 aromatic rings. The predicted octanol–water partition coefficient (Wildman–Crippen LogP) is 6.32. The summed E-state index contributed by atoms with van der Waals surface area (Å²) in [6.45, 7) is 0.209. The molecule has 0 aliphatic heterocycles. The highest BCUT2D eigenvalue weighted by Crippen LogP contribution is 2.33. The number of hydrogen-bond acceptors (Lipinski definition) is 3. The largest absolute Gasteiger partial charge is 0.488 e. The van der Waals surface area contributed by atoms with Crippen molar-refractivity contribution in [1.82, 2.24) is 0 Å². The maximum absolute atomic E-state index is 14.3. The Balaban J connectivity index is 1.75. The predicted molar refractivity (Wildman–Crippen MR) is 122 cm³/mol. The van der Waals surface area contributed by atoms with E-state index in [1.54, 1.807) is 36.4 Å². The Labute approximate surface area is 184 Å². The minimum absolute atomic E-state index is 0.190. The average Bonchev–Trinajstić information content (AvgIpc) is 2.82. The van der Waals surface area contributed by atoms with Gasteiger partial charge < -0.3 is 9.84 Å². The number of carbonyl (C=O) groups is 1. The minimum atomic E-state index is -0.989. The van der Waals surface area contributed by atoms with Crippen LogP contribution in [0.3, 0.4) is 0 Å². The van der Waals surface area contributed by atoms with E-state index < -0.39 is 11.8 Å². The van der Waals surface area contributed by atoms with Crippen molar-refractivity contribution in [3.63, 3.8) is 0 Å². The number of halogens is 1. The zero-order valence-corrected chi connectivity index (χ0v) is 17.0. The van der Waals surface area contributed by atoms with Gasteiger partial charge in [0.25, 0.3) is 0 Å². The lowest BCUT2D eigenvalue weighted by Crippen LogP contribution is -2.00. The van der Waals surface area contributed by atoms with Gasteiger partial charge >= 0.3 is 5.97 Å². The second-order valence-electron chi connectivity index (χ2n) is 7.14. The third-order valence-corrected chi connectivity index (χ3v) is 5.10. The lowest BCUT2D eigenvalue weighted by molar-refractivity contribution is 0.0697. The lowest BCUT2D eigenvalue weighted by Gasteiger charge is -2.13. The molecule has 0 radical (unpaired) electrons. The Morgan fingerprint density at radius 2 is 1.69 bits per heavy atom. The summed E-state index contributed by atoms with van der Waals surface area (Å²) in [4.78, 5) is 11.0. The molecule has 0 saturated heterocycles. The first-order valence-electron chi connectivity index (χ1n) is 9.90. The molecule has 0 unspecified atom stereocenters. The first-order chi connectivity index (χ1) is 15.6. The van der Waals surface area contributed by atoms with Gasteiger partial charge in [0, 0.05) is 11.1 Å². The minimum Gasteiger partial charge on any atom is -0.488 e. The van der Waals surface area contributed by atoms with E-state index in [1.165, 1.54) is 18.2 Å². The molecule has 4 nitrogen and oxygen atoms in total. The second kappa shape index (κ2) is 9.15. The molecule has 0 aliphatic carbocycles. The molecular weight excluding hydrogens is 405 g/mol. The molecule has 0 heterocycles. The Morgan fingerprint density at radius 3 is 2.41 bits per heavy atom. The standard InChI is InChI=1S/C27H18FNO3/c28-25-8-4-3-7-23(25)21(16-29)15-24-22-6-2-1-5-19(22)13-14-26(24)32-17-18-9-11-20(12-10-18)27(30)31/h1-15H,17H2,(H,30,31). The van der Waals surface area contributed by atoms with Crippen molar-refractivity contribution >= 4 is 28.4 Å². The first kappa shape index (κ1) is 20.8. The first-order valence-corrected chi connectivity index (χ1v) is 9.90. The SMILES string of the molecule is N#CC(=Cc1c(OCc2ccc(C(=O)O)cc2)ccc2ccccc12)c1ccccc1F. The van der Waals surface area contributed by atoms with Crippen LogP contribution in [0, 0.1) is 17.1 Å². The molecule has 0 fully saturated rings. The zero-order valence-electron chi connectivity index (χ0n) is 17.0. The molecule has 0 atom stereocenters. The number of nitrogens with zero attached hydrogens (tertiary/aromatic N) is 1. The maximum atomic E-state index is 14.3. The fraction of sp³-hybridized carbons (Fsp3) is 0.0370. The number of aromatic carboxylic acids is 1. The highest BCUT2D eigenvalue weighted by atomic mass is 19.1. The van der Waals surface area contributed by atoms with Gasteiger partial charge in [-0.3, -0.25) is 0 Å². The molecule has 0 spiro atoms. The lowest BCUT2D eigenvalue weighted by atomic mass is 9.98. The summed E-state index contributed by atoms with van der Waals surface area (Å²) < 4.78 is 20.4. The molecule has 32 heavy (non-hydrogen) atoms. The van der Waals surface area contributed by atoms with Gasteiger partial charge in [-0.2, -0.15) is 5.26 Å². The molecular formula is C27H18FNO3. The van der Waals surface area contributed by atoms with Crippen molar-refractivity contribution in [2.24, 2.45) is 0 Å². The van der Waals surface area contributed by atoms with E-state index in [4.69, 9.17) is 9.84 Å². The van der Waals surface area contributed by atoms with Gasteiger partial charge in [-0.05, 0) is 46.7 Å². The number of carboxylic acids is 1. The van der Waals surface area contributed by atoms with Crippen LogP contribution in [-0.4, -0.2) is 11.1 Å². The van der Waals surface area contributed by atoms with Gasteiger partial charge in [0.05, 0.1) is 17.2 Å². The molecule has 0 bridgehead atoms. The van der Waals surface area contributed by atoms with Crippen LogP contribution in [0.5, 0.6) is 5.75 Å². The Bertz CT molecular complexity index is 1370. The normalized spacial score (nSPS) is 11.2. The summed E-state index contributed by atoms with van der Waals surface area (Å²) in [5, 5.41) is 20.6. The van der Waals surface area contributed by atoms with Crippen molar-refractivity contribution in [2.45, 2.75) is 6.61 Å². The summed E-state index contributed by atoms with van der Waals surface area (Å²) in [5.41, 5.74) is 2.08. The molecule has 4 aromatic carbocycles. The summed E-state index contributed by atoms with van der Waals surface area (Å²) >= 11 is 0. The van der Waals surface area contributed by atoms with E-state index in [0.717, 1.165) is 16.3 Å². The summed E-state index contributed by atoms with van der Waals surface area (Å²) in [5.74, 6) is -0.923. The highest BCUT2D eigenvalue weighted by molar-refractivity contribution is 6.00. The van der Waals surface area contributed by atoms with Crippen LogP contribution in [0.25, 0.3) is 22.4 Å². The van der Waals surface area contributed by atoms with Crippen molar-refractivity contribution in [3.8, 4) is 11.8 Å². The van der Waals surface area contributed by atoms with Crippen molar-refractivity contribution < 1.29 is 19.0 Å². The van der Waals surface area contributed by atoms with Gasteiger partial charge in [-0.25, -0.2) is 9.18 Å². The highest BCUT2D eigenvalue weighted by Gasteiger charge is 2.12. The van der Waals surface area contributed by atoms with Crippen LogP contribution in [-0.2, 0) is 6.61 Å². The van der Waals surface area contributed by atoms with Gasteiger partial charge in [-0.1, -0.05) is 60.7 Å². The third-order valence-electron chi connectivity index (χ3n) is 5.10. The van der Waals surface area contributed by atoms with Crippen molar-refractivity contribution in [2.75, 3.05) is 0 Å². The molecule has 1 N–H and O–H groups in total. The van der Waals surface area contributed by atoms with Gasteiger partial charge in [0.15, 0.2) is 0 Å². The topological polar surface area (TPSA) is 70.3 Å². The van der Waals surface area contributed by atoms with Crippen LogP contribution in [0.15, 0.2) is 84.9 Å². The number of ether oxygens (including phenoxy) is 1. The Hall–Kier alpha value is -4.43. The van der Waals surface area contributed by atoms with E-state index in [9.17, 15) is 14.4 Å². The molecule has 0 saturated carbocycles. The number of benzene rings is 4. The summed E-state index contributed by atoms with van der Waals surface area (Å²) in [6.07, 6.45) is 1.64. The van der Waals surface area contributed by atoms with E-state index in [2.05, 4.69) is 6.07 Å². The smallest absolute Gasteiger partial charge is 0.335 e. The third kappa shape index (κ3) is 4.35. The van der Waals surface area contributed by atoms with Crippen LogP contribution in [0.2, 0.25) is 0 Å². The number of rotatable bonds is 6. The number of hydrogen-bond donors (Lipinski definition) is 1. The monoisotopic (exact) mass is 423 g/mol. The molecule has 0 aliphatic rings. The fourth-order valence-corrected chi connectivity index (χ4v) is 3.45. The molecule has 0 aromatic heterocycles. The van der Waals surface area contributed by atoms with Crippen molar-refractivity contribution in [3.05, 3.63) is 113 Å². The Morgan fingerprint density at radius 1 is 0.969 bits per heavy atom. The average molecular weight is 423 g/mol. The Kier molecular flexibility index (Phi) is 5.96. The molecule has 5 heteroatoms. The number of allylic oxidation sites excluding steroid dienone is 1. The second-order valence-corrected chi connectivity index (χ2v) is 7.14. The molecule has 0 amide bonds. The van der Waals surface area contributed by atoms with Gasteiger partial charge in [-0.15, -0.1) is 0 Å². The summed E-state index contributed by atoms with van der Waals surface area (Å²) in [7, 11) is 0. The number of nitriles is 1. The fourth-order valence-electron chi connectivity index (χ4n) is 3.45. The quantitative estimate of drug-likeness (QED) is 0.291. The van der Waals surface area contributed by atoms with Crippen LogP contribution in [0.4, 0.5) is 4.39 Å². The number of fused-ring (bicyclic) bond motifs is 1. The van der Waals surface area contributed by atoms with E-state index >= 15 is 0 Å². The van der Waals surface area contributed by atoms with Crippen molar-refractivity contribution in [1.29, 1.82) is 5.26 Å². The molecule has 4 rings (SSSR count). The summed E-state index contributed by atoms with van der Waals surface area (Å²) in [6, 6.07) is 26.1. The van der Waals surface area contributed by atoms with E-state index in [0.29, 0.717) is 11.3 Å². The number of carboxylic acid groups (broad SMARTS) is 1. The van der Waals surface area contributed by atoms with Crippen LogP contribution in [0.1, 0.15) is 27.0 Å². The van der Waals surface area contributed by atoms with Gasteiger partial charge in [0.1, 0.15) is 18.2 Å². The zero-order chi connectivity index (χ0) is 22.5.